The fourth-order valence-electron chi connectivity index (χ4n) is 1.27. The number of phenolic OH excluding ortho intramolecular Hbond substituents is 1. The zero-order valence-electron chi connectivity index (χ0n) is 8.21. The number of aromatic hydroxyl groups is 1. The molecule has 1 atom stereocenters. The number of rotatable bonds is 2. The molecule has 0 amide bonds. The molecule has 0 aliphatic heterocycles. The molecule has 0 heterocycles. The minimum absolute atomic E-state index is 0.119. The molecule has 0 aliphatic rings. The summed E-state index contributed by atoms with van der Waals surface area (Å²) < 4.78 is 0. The van der Waals surface area contributed by atoms with Gasteiger partial charge in [-0.1, -0.05) is 11.6 Å². The summed E-state index contributed by atoms with van der Waals surface area (Å²) in [6.07, 6.45) is 0. The zero-order valence-corrected chi connectivity index (χ0v) is 8.97. The highest BCUT2D eigenvalue weighted by molar-refractivity contribution is 6.31. The number of halogens is 1. The van der Waals surface area contributed by atoms with Gasteiger partial charge in [-0.3, -0.25) is 0 Å². The maximum absolute atomic E-state index is 9.75. The maximum atomic E-state index is 9.75. The Hall–Kier alpha value is -0.770. The van der Waals surface area contributed by atoms with Crippen LogP contribution < -0.4 is 5.73 Å². The van der Waals surface area contributed by atoms with Crippen LogP contribution in [-0.2, 0) is 0 Å². The molecule has 0 bridgehead atoms. The van der Waals surface area contributed by atoms with Crippen molar-refractivity contribution in [2.24, 2.45) is 5.73 Å². The third kappa shape index (κ3) is 1.85. The van der Waals surface area contributed by atoms with Crippen molar-refractivity contribution in [3.8, 4) is 5.75 Å². The van der Waals surface area contributed by atoms with Gasteiger partial charge in [0.1, 0.15) is 5.75 Å². The molecule has 0 aromatic heterocycles. The highest BCUT2D eigenvalue weighted by Crippen LogP contribution is 2.33. The van der Waals surface area contributed by atoms with Crippen LogP contribution in [-0.4, -0.2) is 16.8 Å². The quantitative estimate of drug-likeness (QED) is 0.703. The van der Waals surface area contributed by atoms with Crippen molar-refractivity contribution in [2.75, 3.05) is 6.61 Å². The highest BCUT2D eigenvalue weighted by Gasteiger charge is 2.15. The minimum Gasteiger partial charge on any atom is -0.507 e. The van der Waals surface area contributed by atoms with E-state index >= 15 is 0 Å². The number of benzene rings is 1. The predicted octanol–water partition coefficient (Wildman–Crippen LogP) is 1.65. The van der Waals surface area contributed by atoms with Crippen molar-refractivity contribution in [3.63, 3.8) is 0 Å². The van der Waals surface area contributed by atoms with Crippen LogP contribution in [0.4, 0.5) is 0 Å². The van der Waals surface area contributed by atoms with Crippen molar-refractivity contribution in [1.82, 2.24) is 0 Å². The molecular weight excluding hydrogens is 202 g/mol. The molecule has 0 fully saturated rings. The van der Waals surface area contributed by atoms with E-state index in [0.29, 0.717) is 16.1 Å². The van der Waals surface area contributed by atoms with Crippen LogP contribution >= 0.6 is 11.6 Å². The molecule has 14 heavy (non-hydrogen) atoms. The minimum atomic E-state index is -0.591. The summed E-state index contributed by atoms with van der Waals surface area (Å²) in [5, 5.41) is 19.2. The van der Waals surface area contributed by atoms with Gasteiger partial charge >= 0.3 is 0 Å². The lowest BCUT2D eigenvalue weighted by Gasteiger charge is -2.15. The molecule has 1 aromatic carbocycles. The van der Waals surface area contributed by atoms with Crippen LogP contribution in [0.25, 0.3) is 0 Å². The Kier molecular flexibility index (Phi) is 3.37. The average Bonchev–Trinajstić information content (AvgIpc) is 2.19. The van der Waals surface area contributed by atoms with Gasteiger partial charge in [0.25, 0.3) is 0 Å². The van der Waals surface area contributed by atoms with E-state index in [2.05, 4.69) is 0 Å². The summed E-state index contributed by atoms with van der Waals surface area (Å²) >= 11 is 5.94. The molecule has 3 nitrogen and oxygen atoms in total. The molecule has 0 radical (unpaired) electrons. The smallest absolute Gasteiger partial charge is 0.123 e. The molecule has 78 valence electrons. The molecule has 4 heteroatoms. The predicted molar refractivity (Wildman–Crippen MR) is 56.6 cm³/mol. The third-order valence-electron chi connectivity index (χ3n) is 2.43. The van der Waals surface area contributed by atoms with Gasteiger partial charge in [-0.25, -0.2) is 0 Å². The Morgan fingerprint density at radius 1 is 1.43 bits per heavy atom. The lowest BCUT2D eigenvalue weighted by molar-refractivity contribution is 0.265. The normalized spacial score (nSPS) is 12.9. The molecule has 1 rings (SSSR count). The van der Waals surface area contributed by atoms with E-state index in [9.17, 15) is 5.11 Å². The van der Waals surface area contributed by atoms with E-state index in [1.54, 1.807) is 13.0 Å². The molecule has 0 spiro atoms. The van der Waals surface area contributed by atoms with Crippen LogP contribution in [0.3, 0.4) is 0 Å². The lowest BCUT2D eigenvalue weighted by Crippen LogP contribution is -2.15. The van der Waals surface area contributed by atoms with Crippen LogP contribution in [0.1, 0.15) is 22.7 Å². The Labute approximate surface area is 88.1 Å². The van der Waals surface area contributed by atoms with Gasteiger partial charge in [0.2, 0.25) is 0 Å². The summed E-state index contributed by atoms with van der Waals surface area (Å²) in [4.78, 5) is 0. The fourth-order valence-corrected chi connectivity index (χ4v) is 1.53. The third-order valence-corrected chi connectivity index (χ3v) is 2.82. The van der Waals surface area contributed by atoms with Gasteiger partial charge in [-0.05, 0) is 31.0 Å². The molecule has 0 saturated heterocycles. The Morgan fingerprint density at radius 2 is 2.00 bits per heavy atom. The maximum Gasteiger partial charge on any atom is 0.123 e. The Morgan fingerprint density at radius 3 is 2.50 bits per heavy atom. The Balaban J connectivity index is 3.33. The van der Waals surface area contributed by atoms with E-state index in [4.69, 9.17) is 22.4 Å². The fraction of sp³-hybridized carbons (Fsp3) is 0.400. The number of aliphatic hydroxyl groups is 1. The summed E-state index contributed by atoms with van der Waals surface area (Å²) in [6.45, 7) is 3.38. The second kappa shape index (κ2) is 4.17. The van der Waals surface area contributed by atoms with Crippen LogP contribution in [0.2, 0.25) is 5.02 Å². The first kappa shape index (κ1) is 11.3. The first-order valence-electron chi connectivity index (χ1n) is 4.34. The lowest BCUT2D eigenvalue weighted by atomic mass is 10.00. The first-order valence-corrected chi connectivity index (χ1v) is 4.71. The van der Waals surface area contributed by atoms with Crippen molar-refractivity contribution in [2.45, 2.75) is 19.9 Å². The Bertz CT molecular complexity index is 352. The van der Waals surface area contributed by atoms with Gasteiger partial charge in [0, 0.05) is 10.6 Å². The average molecular weight is 216 g/mol. The largest absolute Gasteiger partial charge is 0.507 e. The topological polar surface area (TPSA) is 66.5 Å². The summed E-state index contributed by atoms with van der Waals surface area (Å²) in [5.41, 5.74) is 7.64. The van der Waals surface area contributed by atoms with Crippen molar-refractivity contribution in [1.29, 1.82) is 0 Å². The van der Waals surface area contributed by atoms with Crippen molar-refractivity contribution < 1.29 is 10.2 Å². The monoisotopic (exact) mass is 215 g/mol. The molecule has 0 unspecified atom stereocenters. The number of hydrogen-bond donors (Lipinski definition) is 3. The molecule has 0 aliphatic carbocycles. The zero-order chi connectivity index (χ0) is 10.9. The number of phenols is 1. The van der Waals surface area contributed by atoms with E-state index in [1.165, 1.54) is 0 Å². The van der Waals surface area contributed by atoms with Crippen molar-refractivity contribution >= 4 is 11.6 Å². The highest BCUT2D eigenvalue weighted by atomic mass is 35.5. The summed E-state index contributed by atoms with van der Waals surface area (Å²) in [7, 11) is 0. The first-order chi connectivity index (χ1) is 6.49. The van der Waals surface area contributed by atoms with Gasteiger partial charge < -0.3 is 15.9 Å². The molecular formula is C10H14ClNO2. The number of nitrogens with two attached hydrogens (primary N) is 1. The molecule has 4 N–H and O–H groups in total. The second-order valence-electron chi connectivity index (χ2n) is 3.34. The van der Waals surface area contributed by atoms with E-state index in [1.807, 2.05) is 6.92 Å². The molecule has 1 aromatic rings. The van der Waals surface area contributed by atoms with Gasteiger partial charge in [0.05, 0.1) is 12.6 Å². The summed E-state index contributed by atoms with van der Waals surface area (Å²) in [5.74, 6) is 0.119. The second-order valence-corrected chi connectivity index (χ2v) is 3.74. The number of aliphatic hydroxyl groups excluding tert-OH is 1. The van der Waals surface area contributed by atoms with E-state index in [-0.39, 0.29) is 12.4 Å². The summed E-state index contributed by atoms with van der Waals surface area (Å²) in [6, 6.07) is 1.01. The van der Waals surface area contributed by atoms with Gasteiger partial charge in [-0.15, -0.1) is 0 Å². The SMILES string of the molecule is Cc1c(Cl)cc([C@@H](N)CO)c(O)c1C. The van der Waals surface area contributed by atoms with Crippen molar-refractivity contribution in [3.05, 3.63) is 27.8 Å². The van der Waals surface area contributed by atoms with Gasteiger partial charge in [-0.2, -0.15) is 0 Å². The van der Waals surface area contributed by atoms with Crippen LogP contribution in [0, 0.1) is 13.8 Å². The standard InChI is InChI=1S/C10H14ClNO2/c1-5-6(2)10(14)7(3-8(5)11)9(12)4-13/h3,9,13-14H,4,12H2,1-2H3/t9-/m0/s1. The van der Waals surface area contributed by atoms with Crippen LogP contribution in [0.5, 0.6) is 5.75 Å². The van der Waals surface area contributed by atoms with E-state index in [0.717, 1.165) is 5.56 Å². The van der Waals surface area contributed by atoms with E-state index < -0.39 is 6.04 Å². The molecule has 0 saturated carbocycles. The number of hydrogen-bond acceptors (Lipinski definition) is 3. The van der Waals surface area contributed by atoms with Crippen LogP contribution in [0.15, 0.2) is 6.07 Å². The van der Waals surface area contributed by atoms with Gasteiger partial charge in [0.15, 0.2) is 0 Å².